The lowest BCUT2D eigenvalue weighted by Gasteiger charge is -2.62. The first-order chi connectivity index (χ1) is 11.6. The number of likely N-dealkylation sites (N-methyl/N-ethyl adjacent to an activating group) is 1. The molecule has 128 valence electrons. The number of fused-ring (bicyclic) bond motifs is 2. The molecule has 1 aromatic rings. The highest BCUT2D eigenvalue weighted by Crippen LogP contribution is 2.68. The zero-order chi connectivity index (χ0) is 16.4. The van der Waals surface area contributed by atoms with E-state index in [1.54, 1.807) is 0 Å². The molecule has 4 nitrogen and oxygen atoms in total. The second-order valence-electron chi connectivity index (χ2n) is 8.81. The average Bonchev–Trinajstić information content (AvgIpc) is 2.97. The minimum Gasteiger partial charge on any atom is -0.392 e. The molecule has 1 spiro atoms. The molecule has 24 heavy (non-hydrogen) atoms. The Kier molecular flexibility index (Phi) is 2.45. The van der Waals surface area contributed by atoms with Crippen molar-refractivity contribution < 1.29 is 10.2 Å². The molecule has 0 aromatic heterocycles. The van der Waals surface area contributed by atoms with E-state index in [-0.39, 0.29) is 17.7 Å². The number of hydrogen-bond acceptors (Lipinski definition) is 4. The van der Waals surface area contributed by atoms with Crippen molar-refractivity contribution in [3.8, 4) is 0 Å². The number of rotatable bonds is 1. The highest BCUT2D eigenvalue weighted by atomic mass is 16.3. The summed E-state index contributed by atoms with van der Waals surface area (Å²) >= 11 is 0. The lowest BCUT2D eigenvalue weighted by molar-refractivity contribution is -0.211. The third kappa shape index (κ3) is 1.20. The molecule has 1 aromatic carbocycles. The minimum atomic E-state index is -0.319. The van der Waals surface area contributed by atoms with Crippen LogP contribution in [0.4, 0.5) is 5.69 Å². The summed E-state index contributed by atoms with van der Waals surface area (Å²) in [6.45, 7) is 2.19. The lowest BCUT2D eigenvalue weighted by Crippen LogP contribution is -2.72. The van der Waals surface area contributed by atoms with Crippen molar-refractivity contribution in [2.75, 3.05) is 11.9 Å². The summed E-state index contributed by atoms with van der Waals surface area (Å²) in [4.78, 5) is 4.83. The van der Waals surface area contributed by atoms with Gasteiger partial charge in [0, 0.05) is 42.1 Å². The zero-order valence-electron chi connectivity index (χ0n) is 14.3. The minimum absolute atomic E-state index is 0.126. The number of hydrogen-bond donors (Lipinski definition) is 2. The number of aliphatic hydroxyl groups is 2. The predicted molar refractivity (Wildman–Crippen MR) is 91.7 cm³/mol. The molecule has 10 atom stereocenters. The van der Waals surface area contributed by atoms with Crippen LogP contribution in [0.25, 0.3) is 0 Å². The molecule has 0 amide bonds. The molecule has 4 saturated heterocycles. The van der Waals surface area contributed by atoms with Crippen LogP contribution in [0.1, 0.15) is 31.7 Å². The van der Waals surface area contributed by atoms with E-state index >= 15 is 0 Å². The van der Waals surface area contributed by atoms with Crippen molar-refractivity contribution in [2.45, 2.75) is 62.1 Å². The number of anilines is 1. The molecular weight excluding hydrogens is 300 g/mol. The lowest BCUT2D eigenvalue weighted by atomic mass is 9.62. The van der Waals surface area contributed by atoms with Crippen LogP contribution >= 0.6 is 0 Å². The maximum absolute atomic E-state index is 11.6. The van der Waals surface area contributed by atoms with Crippen LogP contribution in [0, 0.1) is 17.8 Å². The van der Waals surface area contributed by atoms with Crippen LogP contribution in [-0.4, -0.2) is 52.6 Å². The average molecular weight is 326 g/mol. The Morgan fingerprint density at radius 2 is 2.00 bits per heavy atom. The highest BCUT2D eigenvalue weighted by molar-refractivity contribution is 5.67. The van der Waals surface area contributed by atoms with Gasteiger partial charge in [-0.05, 0) is 36.8 Å². The number of nitrogens with zero attached hydrogens (tertiary/aromatic N) is 2. The summed E-state index contributed by atoms with van der Waals surface area (Å²) in [5.74, 6) is 1.14. The van der Waals surface area contributed by atoms with Gasteiger partial charge in [0.1, 0.15) is 6.23 Å². The molecule has 4 heteroatoms. The Bertz CT molecular complexity index is 723. The summed E-state index contributed by atoms with van der Waals surface area (Å²) in [5, 5.41) is 22.6. The zero-order valence-corrected chi connectivity index (χ0v) is 14.3. The van der Waals surface area contributed by atoms with E-state index in [0.717, 1.165) is 19.3 Å². The first-order valence-corrected chi connectivity index (χ1v) is 9.57. The van der Waals surface area contributed by atoms with E-state index in [2.05, 4.69) is 48.0 Å². The molecule has 5 aliphatic heterocycles. The van der Waals surface area contributed by atoms with Gasteiger partial charge in [0.15, 0.2) is 0 Å². The molecule has 3 unspecified atom stereocenters. The second kappa shape index (κ2) is 4.17. The van der Waals surface area contributed by atoms with Crippen molar-refractivity contribution in [1.29, 1.82) is 0 Å². The van der Waals surface area contributed by atoms with Crippen molar-refractivity contribution in [2.24, 2.45) is 17.8 Å². The number of aliphatic hydroxyl groups excluding tert-OH is 2. The van der Waals surface area contributed by atoms with Gasteiger partial charge < -0.3 is 15.1 Å². The molecular formula is C20H26N2O2. The Hall–Kier alpha value is -1.10. The molecule has 0 radical (unpaired) electrons. The fourth-order valence-corrected chi connectivity index (χ4v) is 7.88. The summed E-state index contributed by atoms with van der Waals surface area (Å²) in [6.07, 6.45) is 2.56. The van der Waals surface area contributed by atoms with Crippen molar-refractivity contribution >= 4 is 5.69 Å². The van der Waals surface area contributed by atoms with Gasteiger partial charge in [-0.15, -0.1) is 0 Å². The molecule has 7 rings (SSSR count). The standard InChI is InChI=1S/C20H26N2O2/c1-3-10-11-8-14-17-20(12-6-4-5-7-13(12)21(17)2)9-15(16(11)18(20)23)22(14)19(10)24/h4-7,10-11,14-19,23-24H,3,8-9H2,1-2H3/t10-,11-,14+,15+,16?,17+,18?,19+,20-/m1/s1. The molecule has 6 aliphatic rings. The van der Waals surface area contributed by atoms with Crippen molar-refractivity contribution in [3.05, 3.63) is 29.8 Å². The summed E-state index contributed by atoms with van der Waals surface area (Å²) < 4.78 is 0. The van der Waals surface area contributed by atoms with E-state index in [9.17, 15) is 10.2 Å². The van der Waals surface area contributed by atoms with Crippen molar-refractivity contribution in [1.82, 2.24) is 4.90 Å². The number of para-hydroxylation sites is 1. The summed E-state index contributed by atoms with van der Waals surface area (Å²) in [7, 11) is 2.19. The number of piperidine rings is 4. The molecule has 1 saturated carbocycles. The Morgan fingerprint density at radius 1 is 1.21 bits per heavy atom. The highest BCUT2D eigenvalue weighted by Gasteiger charge is 2.76. The van der Waals surface area contributed by atoms with E-state index in [1.165, 1.54) is 11.3 Å². The third-order valence-electron chi connectivity index (χ3n) is 8.46. The quantitative estimate of drug-likeness (QED) is 0.822. The fourth-order valence-electron chi connectivity index (χ4n) is 7.88. The van der Waals surface area contributed by atoms with Gasteiger partial charge in [0.05, 0.1) is 12.1 Å². The first kappa shape index (κ1) is 14.1. The number of benzene rings is 1. The maximum Gasteiger partial charge on any atom is 0.111 e. The van der Waals surface area contributed by atoms with Gasteiger partial charge >= 0.3 is 0 Å². The van der Waals surface area contributed by atoms with Crippen LogP contribution in [0.3, 0.4) is 0 Å². The van der Waals surface area contributed by atoms with Gasteiger partial charge in [0.25, 0.3) is 0 Å². The summed E-state index contributed by atoms with van der Waals surface area (Å²) in [6, 6.07) is 9.70. The normalized spacial score (nSPS) is 55.8. The van der Waals surface area contributed by atoms with Gasteiger partial charge in [-0.2, -0.15) is 0 Å². The van der Waals surface area contributed by atoms with Crippen LogP contribution in [0.5, 0.6) is 0 Å². The van der Waals surface area contributed by atoms with Gasteiger partial charge in [-0.1, -0.05) is 25.1 Å². The van der Waals surface area contributed by atoms with Gasteiger partial charge in [-0.3, -0.25) is 4.90 Å². The molecule has 5 heterocycles. The van der Waals surface area contributed by atoms with Gasteiger partial charge in [-0.25, -0.2) is 0 Å². The van der Waals surface area contributed by atoms with Crippen LogP contribution < -0.4 is 4.90 Å². The van der Waals surface area contributed by atoms with E-state index in [0.29, 0.717) is 35.9 Å². The largest absolute Gasteiger partial charge is 0.392 e. The van der Waals surface area contributed by atoms with Crippen molar-refractivity contribution in [3.63, 3.8) is 0 Å². The third-order valence-corrected chi connectivity index (χ3v) is 8.46. The Morgan fingerprint density at radius 3 is 2.79 bits per heavy atom. The summed E-state index contributed by atoms with van der Waals surface area (Å²) in [5.41, 5.74) is 2.51. The predicted octanol–water partition coefficient (Wildman–Crippen LogP) is 1.55. The van der Waals surface area contributed by atoms with E-state index < -0.39 is 0 Å². The van der Waals surface area contributed by atoms with Crippen LogP contribution in [0.15, 0.2) is 24.3 Å². The second-order valence-corrected chi connectivity index (χ2v) is 8.81. The fraction of sp³-hybridized carbons (Fsp3) is 0.700. The first-order valence-electron chi connectivity index (χ1n) is 9.57. The smallest absolute Gasteiger partial charge is 0.111 e. The monoisotopic (exact) mass is 326 g/mol. The molecule has 2 N–H and O–H groups in total. The maximum atomic E-state index is 11.6. The molecule has 5 bridgehead atoms. The van der Waals surface area contributed by atoms with Crippen LogP contribution in [-0.2, 0) is 5.41 Å². The topological polar surface area (TPSA) is 46.9 Å². The van der Waals surface area contributed by atoms with E-state index in [1.807, 2.05) is 0 Å². The van der Waals surface area contributed by atoms with E-state index in [4.69, 9.17) is 0 Å². The molecule has 1 aliphatic carbocycles. The Labute approximate surface area is 143 Å². The SMILES string of the molecule is CC[C@@H]1[C@H]2C[C@H]3[C@@H]4N(C)c5ccccc5[C@]45C[C@@H](C2C5O)N3[C@H]1O. The molecule has 5 fully saturated rings. The Balaban J connectivity index is 1.60. The van der Waals surface area contributed by atoms with Gasteiger partial charge in [0.2, 0.25) is 0 Å². The van der Waals surface area contributed by atoms with Crippen LogP contribution in [0.2, 0.25) is 0 Å².